The third kappa shape index (κ3) is 4.49. The molecule has 0 unspecified atom stereocenters. The highest BCUT2D eigenvalue weighted by atomic mass is 79.9. The summed E-state index contributed by atoms with van der Waals surface area (Å²) in [5.74, 6) is 0.259. The summed E-state index contributed by atoms with van der Waals surface area (Å²) in [4.78, 5) is 11.8. The van der Waals surface area contributed by atoms with E-state index in [1.807, 2.05) is 6.07 Å². The van der Waals surface area contributed by atoms with E-state index in [1.54, 1.807) is 6.07 Å². The van der Waals surface area contributed by atoms with Gasteiger partial charge >= 0.3 is 5.97 Å². The van der Waals surface area contributed by atoms with E-state index in [9.17, 15) is 4.79 Å². The summed E-state index contributed by atoms with van der Waals surface area (Å²) >= 11 is 6.88. The number of hydrogen-bond acceptors (Lipinski definition) is 3. The Morgan fingerprint density at radius 2 is 1.95 bits per heavy atom. The molecule has 1 rings (SSSR count). The Morgan fingerprint density at radius 1 is 1.32 bits per heavy atom. The van der Waals surface area contributed by atoms with Crippen molar-refractivity contribution in [2.24, 2.45) is 5.92 Å². The van der Waals surface area contributed by atoms with Gasteiger partial charge in [0.15, 0.2) is 0 Å². The molecule has 0 bridgehead atoms. The van der Waals surface area contributed by atoms with Crippen LogP contribution in [0.2, 0.25) is 0 Å². The number of carbonyl (C=O) groups is 1. The largest absolute Gasteiger partial charge is 0.465 e. The maximum atomic E-state index is 11.8. The van der Waals surface area contributed by atoms with E-state index in [2.05, 4.69) is 51.0 Å². The summed E-state index contributed by atoms with van der Waals surface area (Å²) in [5.41, 5.74) is 1.33. The topological polar surface area (TPSA) is 38.3 Å². The molecule has 19 heavy (non-hydrogen) atoms. The van der Waals surface area contributed by atoms with Gasteiger partial charge in [-0.2, -0.15) is 0 Å². The molecule has 1 N–H and O–H groups in total. The second kappa shape index (κ2) is 7.90. The standard InChI is InChI=1S/C14H19Br2NO2/c1-4-9(5-2)8-17-13-11(14(18)19-3)6-10(15)7-12(13)16/h6-7,9,17H,4-5,8H2,1-3H3. The molecule has 0 aromatic heterocycles. The van der Waals surface area contributed by atoms with Crippen LogP contribution in [-0.4, -0.2) is 19.6 Å². The Hall–Kier alpha value is -0.550. The van der Waals surface area contributed by atoms with Gasteiger partial charge in [0.25, 0.3) is 0 Å². The zero-order valence-corrected chi connectivity index (χ0v) is 14.6. The lowest BCUT2D eigenvalue weighted by atomic mass is 10.0. The second-order valence-corrected chi connectivity index (χ2v) is 6.14. The number of rotatable bonds is 6. The van der Waals surface area contributed by atoms with Gasteiger partial charge in [0.05, 0.1) is 18.4 Å². The van der Waals surface area contributed by atoms with Crippen LogP contribution >= 0.6 is 31.9 Å². The van der Waals surface area contributed by atoms with Gasteiger partial charge < -0.3 is 10.1 Å². The average molecular weight is 393 g/mol. The van der Waals surface area contributed by atoms with Crippen molar-refractivity contribution in [2.75, 3.05) is 19.0 Å². The molecule has 0 aliphatic carbocycles. The van der Waals surface area contributed by atoms with Crippen LogP contribution in [0, 0.1) is 5.92 Å². The molecule has 0 amide bonds. The van der Waals surface area contributed by atoms with Crippen LogP contribution in [0.1, 0.15) is 37.0 Å². The van der Waals surface area contributed by atoms with Gasteiger partial charge in [0, 0.05) is 15.5 Å². The summed E-state index contributed by atoms with van der Waals surface area (Å²) < 4.78 is 6.52. The van der Waals surface area contributed by atoms with Crippen LogP contribution in [0.3, 0.4) is 0 Å². The number of benzene rings is 1. The van der Waals surface area contributed by atoms with Crippen LogP contribution < -0.4 is 5.32 Å². The number of halogens is 2. The molecule has 0 fully saturated rings. The molecule has 0 saturated heterocycles. The highest BCUT2D eigenvalue weighted by Gasteiger charge is 2.16. The van der Waals surface area contributed by atoms with E-state index in [0.29, 0.717) is 11.5 Å². The Kier molecular flexibility index (Phi) is 6.86. The SMILES string of the molecule is CCC(CC)CNc1c(Br)cc(Br)cc1C(=O)OC. The summed E-state index contributed by atoms with van der Waals surface area (Å²) in [6.07, 6.45) is 2.23. The first-order valence-electron chi connectivity index (χ1n) is 6.34. The van der Waals surface area contributed by atoms with Gasteiger partial charge in [-0.1, -0.05) is 42.6 Å². The minimum absolute atomic E-state index is 0.339. The molecule has 5 heteroatoms. The van der Waals surface area contributed by atoms with Crippen molar-refractivity contribution in [3.8, 4) is 0 Å². The van der Waals surface area contributed by atoms with E-state index >= 15 is 0 Å². The molecule has 0 saturated carbocycles. The molecule has 0 heterocycles. The van der Waals surface area contributed by atoms with Crippen LogP contribution in [0.4, 0.5) is 5.69 Å². The predicted octanol–water partition coefficient (Wildman–Crippen LogP) is 4.85. The predicted molar refractivity (Wildman–Crippen MR) is 85.7 cm³/mol. The van der Waals surface area contributed by atoms with Gasteiger partial charge in [0.2, 0.25) is 0 Å². The van der Waals surface area contributed by atoms with Crippen molar-refractivity contribution >= 4 is 43.5 Å². The fraction of sp³-hybridized carbons (Fsp3) is 0.500. The summed E-state index contributed by atoms with van der Waals surface area (Å²) in [6, 6.07) is 3.69. The molecule has 0 radical (unpaired) electrons. The van der Waals surface area contributed by atoms with Gasteiger partial charge in [-0.15, -0.1) is 0 Å². The number of hydrogen-bond donors (Lipinski definition) is 1. The second-order valence-electron chi connectivity index (χ2n) is 4.37. The molecular weight excluding hydrogens is 374 g/mol. The monoisotopic (exact) mass is 391 g/mol. The smallest absolute Gasteiger partial charge is 0.340 e. The Morgan fingerprint density at radius 3 is 2.47 bits per heavy atom. The average Bonchev–Trinajstić information content (AvgIpc) is 2.40. The first kappa shape index (κ1) is 16.5. The number of nitrogens with one attached hydrogen (secondary N) is 1. The fourth-order valence-electron chi connectivity index (χ4n) is 1.85. The van der Waals surface area contributed by atoms with Gasteiger partial charge in [-0.05, 0) is 34.0 Å². The lowest BCUT2D eigenvalue weighted by Gasteiger charge is -2.17. The summed E-state index contributed by atoms with van der Waals surface area (Å²) in [6.45, 7) is 5.19. The number of methoxy groups -OCH3 is 1. The Bertz CT molecular complexity index is 445. The third-order valence-electron chi connectivity index (χ3n) is 3.18. The van der Waals surface area contributed by atoms with E-state index in [-0.39, 0.29) is 5.97 Å². The lowest BCUT2D eigenvalue weighted by Crippen LogP contribution is -2.16. The number of ether oxygens (including phenoxy) is 1. The third-order valence-corrected chi connectivity index (χ3v) is 4.27. The van der Waals surface area contributed by atoms with Crippen molar-refractivity contribution in [1.29, 1.82) is 0 Å². The lowest BCUT2D eigenvalue weighted by molar-refractivity contribution is 0.0601. The van der Waals surface area contributed by atoms with Crippen molar-refractivity contribution in [2.45, 2.75) is 26.7 Å². The molecule has 0 aliphatic heterocycles. The molecular formula is C14H19Br2NO2. The summed E-state index contributed by atoms with van der Waals surface area (Å²) in [5, 5.41) is 3.36. The van der Waals surface area contributed by atoms with Crippen LogP contribution in [0.15, 0.2) is 21.1 Å². The van der Waals surface area contributed by atoms with Crippen molar-refractivity contribution in [1.82, 2.24) is 0 Å². The van der Waals surface area contributed by atoms with Crippen molar-refractivity contribution < 1.29 is 9.53 Å². The fourth-order valence-corrected chi connectivity index (χ4v) is 3.21. The van der Waals surface area contributed by atoms with Crippen molar-refractivity contribution in [3.05, 3.63) is 26.6 Å². The number of anilines is 1. The zero-order valence-electron chi connectivity index (χ0n) is 11.4. The molecule has 1 aromatic rings. The molecule has 0 atom stereocenters. The van der Waals surface area contributed by atoms with E-state index in [4.69, 9.17) is 4.74 Å². The maximum absolute atomic E-state index is 11.8. The molecule has 106 valence electrons. The molecule has 0 spiro atoms. The van der Waals surface area contributed by atoms with Gasteiger partial charge in [-0.3, -0.25) is 0 Å². The van der Waals surface area contributed by atoms with Crippen LogP contribution in [0.5, 0.6) is 0 Å². The van der Waals surface area contributed by atoms with E-state index in [1.165, 1.54) is 7.11 Å². The summed E-state index contributed by atoms with van der Waals surface area (Å²) in [7, 11) is 1.39. The molecule has 0 aliphatic rings. The number of carbonyl (C=O) groups excluding carboxylic acids is 1. The first-order valence-corrected chi connectivity index (χ1v) is 7.93. The van der Waals surface area contributed by atoms with Crippen molar-refractivity contribution in [3.63, 3.8) is 0 Å². The normalized spacial score (nSPS) is 10.6. The highest BCUT2D eigenvalue weighted by Crippen LogP contribution is 2.31. The molecule has 1 aromatic carbocycles. The first-order chi connectivity index (χ1) is 9.03. The highest BCUT2D eigenvalue weighted by molar-refractivity contribution is 9.11. The van der Waals surface area contributed by atoms with Crippen LogP contribution in [0.25, 0.3) is 0 Å². The maximum Gasteiger partial charge on any atom is 0.340 e. The Labute approximate surface area is 131 Å². The number of esters is 1. The van der Waals surface area contributed by atoms with Gasteiger partial charge in [-0.25, -0.2) is 4.79 Å². The zero-order chi connectivity index (χ0) is 14.4. The molecule has 3 nitrogen and oxygen atoms in total. The van der Waals surface area contributed by atoms with Crippen LogP contribution in [-0.2, 0) is 4.74 Å². The minimum Gasteiger partial charge on any atom is -0.465 e. The minimum atomic E-state index is -0.339. The Balaban J connectivity index is 3.01. The van der Waals surface area contributed by atoms with E-state index in [0.717, 1.165) is 34.0 Å². The quantitative estimate of drug-likeness (QED) is 0.703. The van der Waals surface area contributed by atoms with Gasteiger partial charge in [0.1, 0.15) is 0 Å². The van der Waals surface area contributed by atoms with E-state index < -0.39 is 0 Å².